The summed E-state index contributed by atoms with van der Waals surface area (Å²) in [4.78, 5) is 0. The van der Waals surface area contributed by atoms with E-state index < -0.39 is 0 Å². The Morgan fingerprint density at radius 3 is 2.55 bits per heavy atom. The van der Waals surface area contributed by atoms with E-state index in [1.165, 1.54) is 11.1 Å². The molecule has 3 nitrogen and oxygen atoms in total. The highest BCUT2D eigenvalue weighted by molar-refractivity contribution is 5.20. The Kier molecular flexibility index (Phi) is 5.36. The quantitative estimate of drug-likeness (QED) is 0.784. The number of benzene rings is 1. The molecule has 1 aromatic heterocycles. The molecule has 1 atom stereocenters. The number of rotatable bonds is 7. The van der Waals surface area contributed by atoms with E-state index in [2.05, 4.69) is 67.7 Å². The van der Waals surface area contributed by atoms with E-state index in [9.17, 15) is 0 Å². The molecule has 0 spiro atoms. The lowest BCUT2D eigenvalue weighted by atomic mass is 9.88. The predicted octanol–water partition coefficient (Wildman–Crippen LogP) is 3.22. The third kappa shape index (κ3) is 4.20. The third-order valence-corrected chi connectivity index (χ3v) is 3.68. The summed E-state index contributed by atoms with van der Waals surface area (Å²) in [6.07, 6.45) is 3.99. The second-order valence-electron chi connectivity index (χ2n) is 5.75. The zero-order valence-corrected chi connectivity index (χ0v) is 12.7. The first-order chi connectivity index (χ1) is 9.66. The highest BCUT2D eigenvalue weighted by Gasteiger charge is 2.14. The molecule has 20 heavy (non-hydrogen) atoms. The second-order valence-corrected chi connectivity index (χ2v) is 5.75. The van der Waals surface area contributed by atoms with Crippen LogP contribution in [-0.4, -0.2) is 22.9 Å². The Morgan fingerprint density at radius 1 is 1.20 bits per heavy atom. The van der Waals surface area contributed by atoms with Gasteiger partial charge in [-0.2, -0.15) is 5.10 Å². The van der Waals surface area contributed by atoms with Crippen molar-refractivity contribution in [2.24, 2.45) is 5.92 Å². The molecule has 1 N–H and O–H groups in total. The van der Waals surface area contributed by atoms with E-state index in [1.54, 1.807) is 0 Å². The summed E-state index contributed by atoms with van der Waals surface area (Å²) in [7, 11) is 0. The van der Waals surface area contributed by atoms with Gasteiger partial charge in [0.1, 0.15) is 0 Å². The lowest BCUT2D eigenvalue weighted by molar-refractivity contribution is 0.448. The van der Waals surface area contributed by atoms with Gasteiger partial charge in [0.25, 0.3) is 0 Å². The molecule has 1 heterocycles. The molecule has 0 radical (unpaired) electrons. The molecule has 0 aliphatic heterocycles. The van der Waals surface area contributed by atoms with E-state index in [4.69, 9.17) is 0 Å². The van der Waals surface area contributed by atoms with Crippen LogP contribution in [0.4, 0.5) is 0 Å². The summed E-state index contributed by atoms with van der Waals surface area (Å²) < 4.78 is 2.00. The van der Waals surface area contributed by atoms with Gasteiger partial charge in [0.05, 0.1) is 12.7 Å². The van der Waals surface area contributed by atoms with Crippen molar-refractivity contribution in [3.8, 4) is 0 Å². The standard InChI is InChI=1S/C17H25N3/c1-14(2)17(16-7-5-4-6-8-16)12-18-9-10-20-13-15(3)11-19-20/h4-8,11,13-14,17-18H,9-10,12H2,1-3H3. The fourth-order valence-corrected chi connectivity index (χ4v) is 2.48. The number of hydrogen-bond acceptors (Lipinski definition) is 2. The van der Waals surface area contributed by atoms with Gasteiger partial charge in [0.15, 0.2) is 0 Å². The average Bonchev–Trinajstić information content (AvgIpc) is 2.85. The summed E-state index contributed by atoms with van der Waals surface area (Å²) in [6.45, 7) is 9.54. The van der Waals surface area contributed by atoms with Gasteiger partial charge in [-0.05, 0) is 29.9 Å². The molecule has 3 heteroatoms. The summed E-state index contributed by atoms with van der Waals surface area (Å²) in [5, 5.41) is 7.86. The zero-order valence-electron chi connectivity index (χ0n) is 12.7. The Morgan fingerprint density at radius 2 is 1.95 bits per heavy atom. The van der Waals surface area contributed by atoms with Crippen LogP contribution in [0.2, 0.25) is 0 Å². The molecule has 1 unspecified atom stereocenters. The number of nitrogens with zero attached hydrogens (tertiary/aromatic N) is 2. The van der Waals surface area contributed by atoms with E-state index >= 15 is 0 Å². The van der Waals surface area contributed by atoms with Crippen LogP contribution < -0.4 is 5.32 Å². The van der Waals surface area contributed by atoms with Gasteiger partial charge in [-0.25, -0.2) is 0 Å². The number of hydrogen-bond donors (Lipinski definition) is 1. The molecule has 2 aromatic rings. The molecule has 0 saturated carbocycles. The van der Waals surface area contributed by atoms with Crippen molar-refractivity contribution >= 4 is 0 Å². The van der Waals surface area contributed by atoms with Gasteiger partial charge in [-0.15, -0.1) is 0 Å². The molecule has 1 aromatic carbocycles. The molecule has 2 rings (SSSR count). The maximum Gasteiger partial charge on any atom is 0.0534 e. The van der Waals surface area contributed by atoms with E-state index in [1.807, 2.05) is 10.9 Å². The number of aryl methyl sites for hydroxylation is 1. The maximum atomic E-state index is 4.30. The van der Waals surface area contributed by atoms with Gasteiger partial charge in [0.2, 0.25) is 0 Å². The largest absolute Gasteiger partial charge is 0.314 e. The first kappa shape index (κ1) is 14.8. The molecular weight excluding hydrogens is 246 g/mol. The van der Waals surface area contributed by atoms with Crippen LogP contribution >= 0.6 is 0 Å². The van der Waals surface area contributed by atoms with Crippen LogP contribution in [0.25, 0.3) is 0 Å². The molecule has 0 saturated heterocycles. The lowest BCUT2D eigenvalue weighted by Crippen LogP contribution is -2.27. The highest BCUT2D eigenvalue weighted by atomic mass is 15.3. The summed E-state index contributed by atoms with van der Waals surface area (Å²) in [5.74, 6) is 1.20. The number of aromatic nitrogens is 2. The minimum Gasteiger partial charge on any atom is -0.314 e. The highest BCUT2D eigenvalue weighted by Crippen LogP contribution is 2.23. The van der Waals surface area contributed by atoms with Crippen LogP contribution in [0.5, 0.6) is 0 Å². The van der Waals surface area contributed by atoms with Crippen molar-refractivity contribution < 1.29 is 0 Å². The van der Waals surface area contributed by atoms with Crippen LogP contribution in [0, 0.1) is 12.8 Å². The average molecular weight is 271 g/mol. The van der Waals surface area contributed by atoms with Gasteiger partial charge < -0.3 is 5.32 Å². The summed E-state index contributed by atoms with van der Waals surface area (Å²) in [6, 6.07) is 10.8. The predicted molar refractivity (Wildman–Crippen MR) is 83.9 cm³/mol. The molecule has 108 valence electrons. The van der Waals surface area contributed by atoms with Crippen LogP contribution in [-0.2, 0) is 6.54 Å². The number of nitrogens with one attached hydrogen (secondary N) is 1. The minimum absolute atomic E-state index is 0.565. The third-order valence-electron chi connectivity index (χ3n) is 3.68. The lowest BCUT2D eigenvalue weighted by Gasteiger charge is -2.22. The van der Waals surface area contributed by atoms with Crippen molar-refractivity contribution in [3.63, 3.8) is 0 Å². The maximum absolute atomic E-state index is 4.30. The van der Waals surface area contributed by atoms with Crippen LogP contribution in [0.1, 0.15) is 30.9 Å². The molecule has 0 aliphatic carbocycles. The zero-order chi connectivity index (χ0) is 14.4. The smallest absolute Gasteiger partial charge is 0.0534 e. The van der Waals surface area contributed by atoms with Crippen LogP contribution in [0.15, 0.2) is 42.7 Å². The van der Waals surface area contributed by atoms with Crippen molar-refractivity contribution in [2.45, 2.75) is 33.2 Å². The monoisotopic (exact) mass is 271 g/mol. The Balaban J connectivity index is 1.81. The molecular formula is C17H25N3. The summed E-state index contributed by atoms with van der Waals surface area (Å²) >= 11 is 0. The van der Waals surface area contributed by atoms with Gasteiger partial charge in [-0.1, -0.05) is 44.2 Å². The molecule has 0 amide bonds. The fraction of sp³-hybridized carbons (Fsp3) is 0.471. The van der Waals surface area contributed by atoms with Crippen molar-refractivity contribution in [3.05, 3.63) is 53.9 Å². The minimum atomic E-state index is 0.565. The second kappa shape index (κ2) is 7.25. The van der Waals surface area contributed by atoms with Crippen molar-refractivity contribution in [1.82, 2.24) is 15.1 Å². The SMILES string of the molecule is Cc1cnn(CCNCC(c2ccccc2)C(C)C)c1. The van der Waals surface area contributed by atoms with Gasteiger partial charge in [-0.3, -0.25) is 4.68 Å². The molecule has 0 bridgehead atoms. The Hall–Kier alpha value is -1.61. The Bertz CT molecular complexity index is 502. The molecule has 0 aliphatic rings. The van der Waals surface area contributed by atoms with Gasteiger partial charge in [0, 0.05) is 19.3 Å². The first-order valence-electron chi connectivity index (χ1n) is 7.41. The first-order valence-corrected chi connectivity index (χ1v) is 7.41. The molecule has 0 fully saturated rings. The van der Waals surface area contributed by atoms with Gasteiger partial charge >= 0.3 is 0 Å². The van der Waals surface area contributed by atoms with Crippen molar-refractivity contribution in [2.75, 3.05) is 13.1 Å². The van der Waals surface area contributed by atoms with Crippen LogP contribution in [0.3, 0.4) is 0 Å². The van der Waals surface area contributed by atoms with Crippen molar-refractivity contribution in [1.29, 1.82) is 0 Å². The van der Waals surface area contributed by atoms with E-state index in [-0.39, 0.29) is 0 Å². The van der Waals surface area contributed by atoms with E-state index in [0.29, 0.717) is 11.8 Å². The van der Waals surface area contributed by atoms with E-state index in [0.717, 1.165) is 19.6 Å². The summed E-state index contributed by atoms with van der Waals surface area (Å²) in [5.41, 5.74) is 2.64. The Labute approximate surface area is 122 Å². The normalized spacial score (nSPS) is 12.8. The topological polar surface area (TPSA) is 29.9 Å². The fourth-order valence-electron chi connectivity index (χ4n) is 2.48.